The molecule has 0 amide bonds. The van der Waals surface area contributed by atoms with Crippen LogP contribution in [0.1, 0.15) is 23.0 Å². The van der Waals surface area contributed by atoms with Gasteiger partial charge in [0.05, 0.1) is 6.04 Å². The van der Waals surface area contributed by atoms with Crippen LogP contribution in [0.15, 0.2) is 27.6 Å². The van der Waals surface area contributed by atoms with Crippen molar-refractivity contribution >= 4 is 27.3 Å². The largest absolute Gasteiger partial charge is 0.318 e. The van der Waals surface area contributed by atoms with E-state index in [4.69, 9.17) is 5.73 Å². The van der Waals surface area contributed by atoms with Gasteiger partial charge in [-0.1, -0.05) is 0 Å². The van der Waals surface area contributed by atoms with E-state index >= 15 is 0 Å². The minimum absolute atomic E-state index is 0.258. The number of rotatable bonds is 2. The van der Waals surface area contributed by atoms with Crippen molar-refractivity contribution in [2.75, 3.05) is 0 Å². The summed E-state index contributed by atoms with van der Waals surface area (Å²) in [5, 5.41) is 4.02. The standard InChI is InChI=1S/C10H10BrN3S/c1-6-2-13-10(14-3-6)9(12)7-4-15-5-8(7)11/h2-5,9H,12H2,1H3. The Morgan fingerprint density at radius 3 is 2.53 bits per heavy atom. The van der Waals surface area contributed by atoms with E-state index in [1.165, 1.54) is 0 Å². The van der Waals surface area contributed by atoms with E-state index in [0.717, 1.165) is 15.6 Å². The second-order valence-electron chi connectivity index (χ2n) is 3.27. The second-order valence-corrected chi connectivity index (χ2v) is 4.87. The molecule has 0 aliphatic heterocycles. The van der Waals surface area contributed by atoms with Crippen LogP contribution in [0.2, 0.25) is 0 Å². The minimum atomic E-state index is -0.258. The van der Waals surface area contributed by atoms with E-state index in [-0.39, 0.29) is 6.04 Å². The predicted octanol–water partition coefficient (Wildman–Crippen LogP) is 2.66. The van der Waals surface area contributed by atoms with Crippen LogP contribution in [0.25, 0.3) is 0 Å². The van der Waals surface area contributed by atoms with E-state index in [1.807, 2.05) is 17.7 Å². The van der Waals surface area contributed by atoms with Gasteiger partial charge in [0.2, 0.25) is 0 Å². The summed E-state index contributed by atoms with van der Waals surface area (Å²) < 4.78 is 1.02. The number of halogens is 1. The first kappa shape index (κ1) is 10.7. The molecule has 0 aromatic carbocycles. The van der Waals surface area contributed by atoms with Crippen molar-refractivity contribution in [1.29, 1.82) is 0 Å². The van der Waals surface area contributed by atoms with Crippen LogP contribution >= 0.6 is 27.3 Å². The minimum Gasteiger partial charge on any atom is -0.318 e. The normalized spacial score (nSPS) is 12.7. The van der Waals surface area contributed by atoms with Gasteiger partial charge >= 0.3 is 0 Å². The van der Waals surface area contributed by atoms with Crippen molar-refractivity contribution in [2.45, 2.75) is 13.0 Å². The summed E-state index contributed by atoms with van der Waals surface area (Å²) in [5.41, 5.74) is 8.13. The van der Waals surface area contributed by atoms with Crippen LogP contribution in [0, 0.1) is 6.92 Å². The lowest BCUT2D eigenvalue weighted by molar-refractivity contribution is 0.777. The number of nitrogens with zero attached hydrogens (tertiary/aromatic N) is 2. The van der Waals surface area contributed by atoms with Crippen LogP contribution in [0.5, 0.6) is 0 Å². The molecule has 2 heterocycles. The molecule has 2 rings (SSSR count). The maximum Gasteiger partial charge on any atom is 0.149 e. The Kier molecular flexibility index (Phi) is 3.14. The first-order valence-corrected chi connectivity index (χ1v) is 6.18. The van der Waals surface area contributed by atoms with Crippen LogP contribution < -0.4 is 5.73 Å². The quantitative estimate of drug-likeness (QED) is 0.922. The molecule has 0 saturated carbocycles. The van der Waals surface area contributed by atoms with Gasteiger partial charge in [0.1, 0.15) is 5.82 Å². The summed E-state index contributed by atoms with van der Waals surface area (Å²) in [4.78, 5) is 8.45. The Bertz CT molecular complexity index is 452. The molecule has 3 nitrogen and oxygen atoms in total. The lowest BCUT2D eigenvalue weighted by Gasteiger charge is -2.09. The van der Waals surface area contributed by atoms with Crippen molar-refractivity contribution in [2.24, 2.45) is 5.73 Å². The van der Waals surface area contributed by atoms with Gasteiger partial charge in [-0.15, -0.1) is 0 Å². The van der Waals surface area contributed by atoms with Crippen molar-refractivity contribution in [3.63, 3.8) is 0 Å². The van der Waals surface area contributed by atoms with Crippen LogP contribution in [-0.2, 0) is 0 Å². The summed E-state index contributed by atoms with van der Waals surface area (Å²) in [7, 11) is 0. The lowest BCUT2D eigenvalue weighted by atomic mass is 10.1. The summed E-state index contributed by atoms with van der Waals surface area (Å²) >= 11 is 5.06. The fraction of sp³-hybridized carbons (Fsp3) is 0.200. The Hall–Kier alpha value is -0.780. The van der Waals surface area contributed by atoms with Crippen molar-refractivity contribution < 1.29 is 0 Å². The van der Waals surface area contributed by atoms with E-state index < -0.39 is 0 Å². The third kappa shape index (κ3) is 2.25. The SMILES string of the molecule is Cc1cnc(C(N)c2cscc2Br)nc1. The third-order valence-corrected chi connectivity index (χ3v) is 3.81. The molecule has 2 aromatic rings. The van der Waals surface area contributed by atoms with Gasteiger partial charge in [-0.05, 0) is 33.8 Å². The van der Waals surface area contributed by atoms with Crippen LogP contribution in [0.4, 0.5) is 0 Å². The molecule has 1 atom stereocenters. The maximum absolute atomic E-state index is 6.06. The van der Waals surface area contributed by atoms with Gasteiger partial charge in [0, 0.05) is 27.8 Å². The van der Waals surface area contributed by atoms with E-state index in [1.54, 1.807) is 23.7 Å². The topological polar surface area (TPSA) is 51.8 Å². The fourth-order valence-electron chi connectivity index (χ4n) is 1.22. The average molecular weight is 284 g/mol. The van der Waals surface area contributed by atoms with Gasteiger partial charge in [0.15, 0.2) is 0 Å². The average Bonchev–Trinajstić information content (AvgIpc) is 2.65. The molecule has 78 valence electrons. The van der Waals surface area contributed by atoms with E-state index in [9.17, 15) is 0 Å². The van der Waals surface area contributed by atoms with Gasteiger partial charge in [-0.25, -0.2) is 9.97 Å². The lowest BCUT2D eigenvalue weighted by Crippen LogP contribution is -2.15. The summed E-state index contributed by atoms with van der Waals surface area (Å²) in [5.74, 6) is 0.653. The van der Waals surface area contributed by atoms with E-state index in [0.29, 0.717) is 5.82 Å². The highest BCUT2D eigenvalue weighted by molar-refractivity contribution is 9.10. The highest BCUT2D eigenvalue weighted by atomic mass is 79.9. The first-order valence-electron chi connectivity index (χ1n) is 4.44. The Balaban J connectivity index is 2.32. The van der Waals surface area contributed by atoms with Crippen LogP contribution in [-0.4, -0.2) is 9.97 Å². The van der Waals surface area contributed by atoms with Crippen molar-refractivity contribution in [1.82, 2.24) is 9.97 Å². The summed E-state index contributed by atoms with van der Waals surface area (Å²) in [6.45, 7) is 1.95. The molecule has 0 saturated heterocycles. The molecular formula is C10H10BrN3S. The highest BCUT2D eigenvalue weighted by Crippen LogP contribution is 2.28. The fourth-order valence-corrected chi connectivity index (χ4v) is 2.80. The summed E-state index contributed by atoms with van der Waals surface area (Å²) in [6, 6.07) is -0.258. The zero-order chi connectivity index (χ0) is 10.8. The molecule has 0 aliphatic carbocycles. The molecule has 2 aromatic heterocycles. The zero-order valence-electron chi connectivity index (χ0n) is 8.14. The molecular weight excluding hydrogens is 274 g/mol. The van der Waals surface area contributed by atoms with E-state index in [2.05, 4.69) is 25.9 Å². The zero-order valence-corrected chi connectivity index (χ0v) is 10.5. The molecule has 15 heavy (non-hydrogen) atoms. The molecule has 0 spiro atoms. The Labute approximate surface area is 101 Å². The molecule has 0 radical (unpaired) electrons. The number of aryl methyl sites for hydroxylation is 1. The Morgan fingerprint density at radius 1 is 1.33 bits per heavy atom. The van der Waals surface area contributed by atoms with Gasteiger partial charge in [-0.3, -0.25) is 0 Å². The molecule has 2 N–H and O–H groups in total. The predicted molar refractivity (Wildman–Crippen MR) is 64.8 cm³/mol. The number of hydrogen-bond donors (Lipinski definition) is 1. The van der Waals surface area contributed by atoms with Gasteiger partial charge in [0.25, 0.3) is 0 Å². The van der Waals surface area contributed by atoms with Crippen molar-refractivity contribution in [3.05, 3.63) is 44.6 Å². The number of nitrogens with two attached hydrogens (primary N) is 1. The number of aromatic nitrogens is 2. The molecule has 1 unspecified atom stereocenters. The second kappa shape index (κ2) is 4.38. The Morgan fingerprint density at radius 2 is 2.00 bits per heavy atom. The molecule has 0 fully saturated rings. The smallest absolute Gasteiger partial charge is 0.149 e. The molecule has 0 bridgehead atoms. The van der Waals surface area contributed by atoms with Crippen molar-refractivity contribution in [3.8, 4) is 0 Å². The summed E-state index contributed by atoms with van der Waals surface area (Å²) in [6.07, 6.45) is 3.56. The third-order valence-electron chi connectivity index (χ3n) is 2.06. The number of hydrogen-bond acceptors (Lipinski definition) is 4. The molecule has 0 aliphatic rings. The maximum atomic E-state index is 6.06. The van der Waals surface area contributed by atoms with Crippen LogP contribution in [0.3, 0.4) is 0 Å². The monoisotopic (exact) mass is 283 g/mol. The molecule has 5 heteroatoms. The number of thiophene rings is 1. The first-order chi connectivity index (χ1) is 7.18. The van der Waals surface area contributed by atoms with Gasteiger partial charge < -0.3 is 5.73 Å². The van der Waals surface area contributed by atoms with Gasteiger partial charge in [-0.2, -0.15) is 11.3 Å². The highest BCUT2D eigenvalue weighted by Gasteiger charge is 2.15.